The van der Waals surface area contributed by atoms with E-state index in [-0.39, 0.29) is 29.2 Å². The van der Waals surface area contributed by atoms with E-state index >= 15 is 0 Å². The van der Waals surface area contributed by atoms with Gasteiger partial charge in [-0.3, -0.25) is 0 Å². The zero-order valence-electron chi connectivity index (χ0n) is 42.3. The smallest absolute Gasteiger partial charge is 0.375 e. The molecule has 0 saturated carbocycles. The monoisotopic (exact) mass is 946 g/mol. The minimum atomic E-state index is -6.00. The summed E-state index contributed by atoms with van der Waals surface area (Å²) in [5.74, 6) is 1.18. The fraction of sp³-hybridized carbons (Fsp3) is 0.323. The molecule has 0 aromatic heterocycles. The molecule has 0 heterocycles. The molecule has 0 saturated heterocycles. The van der Waals surface area contributed by atoms with Gasteiger partial charge in [-0.1, -0.05) is 174 Å². The maximum absolute atomic E-state index is 14.0. The van der Waals surface area contributed by atoms with Crippen LogP contribution in [-0.2, 0) is 10.1 Å². The largest absolute Gasteiger partial charge is 0.534 e. The summed E-state index contributed by atoms with van der Waals surface area (Å²) < 4.78 is 72.6. The number of benzene rings is 8. The van der Waals surface area contributed by atoms with Crippen LogP contribution in [0.3, 0.4) is 0 Å². The summed E-state index contributed by atoms with van der Waals surface area (Å²) in [4.78, 5) is 0. The summed E-state index contributed by atoms with van der Waals surface area (Å²) >= 11 is 0. The van der Waals surface area contributed by atoms with Gasteiger partial charge in [-0.25, -0.2) is 0 Å². The normalized spacial score (nSPS) is 12.7. The van der Waals surface area contributed by atoms with Crippen LogP contribution >= 0.6 is 0 Å². The molecular formula is C62H65F3O3S. The summed E-state index contributed by atoms with van der Waals surface area (Å²) in [6, 6.07) is 41.5. The molecule has 0 unspecified atom stereocenters. The third-order valence-corrected chi connectivity index (χ3v) is 15.0. The van der Waals surface area contributed by atoms with E-state index in [9.17, 15) is 21.6 Å². The molecule has 0 radical (unpaired) electrons. The Bertz CT molecular complexity index is 3330. The van der Waals surface area contributed by atoms with E-state index in [1.807, 2.05) is 12.1 Å². The molecule has 8 aromatic rings. The van der Waals surface area contributed by atoms with Crippen LogP contribution in [0.15, 0.2) is 121 Å². The lowest BCUT2D eigenvalue weighted by atomic mass is 9.80. The maximum Gasteiger partial charge on any atom is 0.534 e. The average Bonchev–Trinajstić information content (AvgIpc) is 3.29. The lowest BCUT2D eigenvalue weighted by Gasteiger charge is -2.25. The highest BCUT2D eigenvalue weighted by Crippen LogP contribution is 2.49. The van der Waals surface area contributed by atoms with Crippen molar-refractivity contribution in [3.05, 3.63) is 160 Å². The molecule has 0 aliphatic heterocycles. The Labute approximate surface area is 407 Å². The lowest BCUT2D eigenvalue weighted by molar-refractivity contribution is -0.0499. The molecule has 0 atom stereocenters. The van der Waals surface area contributed by atoms with E-state index in [0.29, 0.717) is 17.4 Å². The van der Waals surface area contributed by atoms with Gasteiger partial charge < -0.3 is 4.18 Å². The minimum Gasteiger partial charge on any atom is -0.375 e. The predicted octanol–water partition coefficient (Wildman–Crippen LogP) is 19.1. The van der Waals surface area contributed by atoms with Crippen molar-refractivity contribution >= 4 is 42.4 Å². The van der Waals surface area contributed by atoms with Crippen molar-refractivity contribution in [3.8, 4) is 50.3 Å². The van der Waals surface area contributed by atoms with Crippen molar-refractivity contribution in [2.45, 2.75) is 131 Å². The fourth-order valence-electron chi connectivity index (χ4n) is 10.2. The highest BCUT2D eigenvalue weighted by molar-refractivity contribution is 7.88. The minimum absolute atomic E-state index is 0.214. The molecule has 0 aliphatic carbocycles. The van der Waals surface area contributed by atoms with Gasteiger partial charge in [0.1, 0.15) is 0 Å². The van der Waals surface area contributed by atoms with E-state index in [1.165, 1.54) is 56.6 Å². The van der Waals surface area contributed by atoms with Gasteiger partial charge in [0.2, 0.25) is 0 Å². The zero-order valence-corrected chi connectivity index (χ0v) is 43.1. The van der Waals surface area contributed by atoms with Crippen LogP contribution in [0.1, 0.15) is 158 Å². The summed E-state index contributed by atoms with van der Waals surface area (Å²) in [6.07, 6.45) is 0. The highest BCUT2D eigenvalue weighted by atomic mass is 32.2. The second-order valence-electron chi connectivity index (χ2n) is 20.8. The Balaban J connectivity index is 1.59. The van der Waals surface area contributed by atoms with Gasteiger partial charge >= 0.3 is 15.6 Å². The van der Waals surface area contributed by atoms with Gasteiger partial charge in [-0.15, -0.1) is 0 Å². The Morgan fingerprint density at radius 2 is 0.768 bits per heavy atom. The maximum atomic E-state index is 14.0. The van der Waals surface area contributed by atoms with Crippen molar-refractivity contribution in [2.24, 2.45) is 0 Å². The van der Waals surface area contributed by atoms with E-state index in [4.69, 9.17) is 4.18 Å². The summed E-state index contributed by atoms with van der Waals surface area (Å²) in [5, 5.41) is 5.50. The number of aryl methyl sites for hydroxylation is 1. The number of rotatable bonds is 12. The van der Waals surface area contributed by atoms with Crippen molar-refractivity contribution in [1.82, 2.24) is 0 Å². The molecule has 358 valence electrons. The second kappa shape index (κ2) is 18.8. The third kappa shape index (κ3) is 9.20. The van der Waals surface area contributed by atoms with Gasteiger partial charge in [-0.05, 0) is 183 Å². The van der Waals surface area contributed by atoms with Crippen molar-refractivity contribution in [2.75, 3.05) is 0 Å². The molecule has 0 aliphatic rings. The number of hydrogen-bond acceptors (Lipinski definition) is 3. The molecule has 0 N–H and O–H groups in total. The first kappa shape index (κ1) is 49.5. The molecule has 7 heteroatoms. The van der Waals surface area contributed by atoms with E-state index in [1.54, 1.807) is 12.1 Å². The van der Waals surface area contributed by atoms with Gasteiger partial charge in [-0.2, -0.15) is 21.6 Å². The van der Waals surface area contributed by atoms with Crippen molar-refractivity contribution in [1.29, 1.82) is 0 Å². The van der Waals surface area contributed by atoms with E-state index in [2.05, 4.69) is 175 Å². The standard InChI is InChI=1S/C62H65F3O3S/c1-34(2)43-28-49(36(5)6)60(50(29-43)37(7)8)41-22-24-46-53(26-41)58-33-56(48-20-16-17-21-59(48)68-69(66,67)62(63,64)65)47-25-23-42(27-54(47)57(58)32-55(46)45-19-15-14-18-40(45)13)61-51(38(9)10)30-44(35(3)4)31-52(61)39(11)12/h14-39H,1-13H3. The Hall–Kier alpha value is -5.92. The molecule has 69 heavy (non-hydrogen) atoms. The van der Waals surface area contributed by atoms with Crippen molar-refractivity contribution < 1.29 is 25.8 Å². The third-order valence-electron chi connectivity index (χ3n) is 14.0. The summed E-state index contributed by atoms with van der Waals surface area (Å²) in [5.41, 5.74) is 10.6. The van der Waals surface area contributed by atoms with Crippen LogP contribution < -0.4 is 4.18 Å². The van der Waals surface area contributed by atoms with Gasteiger partial charge in [0.25, 0.3) is 0 Å². The SMILES string of the molecule is Cc1ccccc1-c1cc2c3cc(-c4c(C(C)C)cc(C(C)C)cc4C(C)C)ccc3c(-c3ccccc3OS(=O)(=O)C(F)(F)F)cc2c2cc(-c3c(C(C)C)cc(C(C)C)cc3C(C)C)ccc12. The molecule has 0 amide bonds. The number of hydrogen-bond donors (Lipinski definition) is 0. The van der Waals surface area contributed by atoms with E-state index < -0.39 is 21.4 Å². The molecular weight excluding hydrogens is 882 g/mol. The summed E-state index contributed by atoms with van der Waals surface area (Å²) in [7, 11) is -6.00. The predicted molar refractivity (Wildman–Crippen MR) is 286 cm³/mol. The average molecular weight is 947 g/mol. The first-order valence-electron chi connectivity index (χ1n) is 24.5. The molecule has 8 rings (SSSR count). The van der Waals surface area contributed by atoms with Crippen LogP contribution in [0.5, 0.6) is 5.75 Å². The van der Waals surface area contributed by atoms with Crippen LogP contribution in [0.25, 0.3) is 76.8 Å². The first-order chi connectivity index (χ1) is 32.5. The molecule has 0 spiro atoms. The van der Waals surface area contributed by atoms with Gasteiger partial charge in [0.05, 0.1) is 0 Å². The van der Waals surface area contributed by atoms with E-state index in [0.717, 1.165) is 60.1 Å². The lowest BCUT2D eigenvalue weighted by Crippen LogP contribution is -2.28. The molecule has 3 nitrogen and oxygen atoms in total. The molecule has 0 bridgehead atoms. The Kier molecular flexibility index (Phi) is 13.5. The molecule has 8 aromatic carbocycles. The quantitative estimate of drug-likeness (QED) is 0.0696. The molecule has 0 fully saturated rings. The second-order valence-corrected chi connectivity index (χ2v) is 22.4. The number of alkyl halides is 3. The number of fused-ring (bicyclic) bond motifs is 5. The Morgan fingerprint density at radius 3 is 1.14 bits per heavy atom. The highest BCUT2D eigenvalue weighted by Gasteiger charge is 2.49. The zero-order chi connectivity index (χ0) is 50.0. The van der Waals surface area contributed by atoms with Crippen LogP contribution in [0.4, 0.5) is 13.2 Å². The van der Waals surface area contributed by atoms with Crippen LogP contribution in [-0.4, -0.2) is 13.9 Å². The number of para-hydroxylation sites is 1. The summed E-state index contributed by atoms with van der Waals surface area (Å²) in [6.45, 7) is 29.0. The van der Waals surface area contributed by atoms with Crippen LogP contribution in [0.2, 0.25) is 0 Å². The van der Waals surface area contributed by atoms with Gasteiger partial charge in [0.15, 0.2) is 5.75 Å². The number of halogens is 3. The first-order valence-corrected chi connectivity index (χ1v) is 25.9. The van der Waals surface area contributed by atoms with Crippen LogP contribution in [0, 0.1) is 6.92 Å². The topological polar surface area (TPSA) is 43.4 Å². The van der Waals surface area contributed by atoms with Crippen molar-refractivity contribution in [3.63, 3.8) is 0 Å². The fourth-order valence-corrected chi connectivity index (χ4v) is 10.7. The Morgan fingerprint density at radius 1 is 0.406 bits per heavy atom. The van der Waals surface area contributed by atoms with Gasteiger partial charge in [0, 0.05) is 5.56 Å².